The van der Waals surface area contributed by atoms with E-state index < -0.39 is 177 Å². The third-order valence-electron chi connectivity index (χ3n) is 10.2. The molecule has 37 nitrogen and oxygen atoms in total. The quantitative estimate of drug-likeness (QED) is 0.0506. The van der Waals surface area contributed by atoms with Gasteiger partial charge in [-0.3, -0.25) is 125 Å². The van der Waals surface area contributed by atoms with Gasteiger partial charge in [-0.2, -0.15) is 0 Å². The van der Waals surface area contributed by atoms with Crippen molar-refractivity contribution in [3.05, 3.63) is 231 Å². The highest BCUT2D eigenvalue weighted by Gasteiger charge is 2.57. The van der Waals surface area contributed by atoms with E-state index in [-0.39, 0.29) is 36.4 Å². The number of nitrogens with zero attached hydrogens (tertiary/aromatic N) is 12. The van der Waals surface area contributed by atoms with Gasteiger partial charge in [-0.05, 0) is 57.0 Å². The Hall–Kier alpha value is -11.2. The molecule has 0 amide bonds. The van der Waals surface area contributed by atoms with Gasteiger partial charge in [0.25, 0.3) is 68.2 Å². The van der Waals surface area contributed by atoms with Crippen LogP contribution in [0.2, 0.25) is 0 Å². The molecule has 0 heterocycles. The molecule has 6 aromatic rings. The number of non-ortho nitro benzene ring substituents is 6. The second-order valence-electron chi connectivity index (χ2n) is 14.2. The van der Waals surface area contributed by atoms with E-state index in [1.807, 2.05) is 0 Å². The molecule has 0 aliphatic heterocycles. The average molecular weight is 1080 g/mol. The molecule has 0 spiro atoms. The second kappa shape index (κ2) is 19.9. The van der Waals surface area contributed by atoms with E-state index >= 15 is 0 Å². The van der Waals surface area contributed by atoms with E-state index in [4.69, 9.17) is 3.63 Å². The van der Waals surface area contributed by atoms with Crippen LogP contribution < -0.4 is 0 Å². The largest absolute Gasteiger partial charge is 0.291 e. The maximum absolute atomic E-state index is 13.4. The van der Waals surface area contributed by atoms with Gasteiger partial charge in [-0.15, -0.1) is 0 Å². The van der Waals surface area contributed by atoms with Gasteiger partial charge in [-0.25, -0.2) is 0 Å². The summed E-state index contributed by atoms with van der Waals surface area (Å²) < 4.78 is 7.01. The molecule has 0 saturated carbocycles. The van der Waals surface area contributed by atoms with Crippen molar-refractivity contribution in [1.82, 2.24) is 0 Å². The zero-order chi connectivity index (χ0) is 55.8. The van der Waals surface area contributed by atoms with Gasteiger partial charge in [0.1, 0.15) is 29.4 Å². The van der Waals surface area contributed by atoms with Crippen molar-refractivity contribution in [2.24, 2.45) is 0 Å². The van der Waals surface area contributed by atoms with E-state index in [1.165, 1.54) is 0 Å². The Morgan fingerprint density at radius 3 is 0.467 bits per heavy atom. The Bertz CT molecular complexity index is 3040. The standard InChI is InChI=1S/C36H18N12O25S2/c49-37(50)19-1-7-31(25(13-19)43(61)62)74(32-8-2-20(38(51)52)14-26(32)44(63)64,33-9-3-21(39(53)54)15-27(33)45(65)66)73-75(34-10-4-22(40(55)56)16-28(34)46(67)68,35-11-5-23(41(57)58)17-29(35)47(69)70)36-12-6-24(42(59)60)18-30(36)48(71)72/h1-18H. The molecule has 0 fully saturated rings. The fourth-order valence-electron chi connectivity index (χ4n) is 7.11. The molecule has 39 heteroatoms. The Kier molecular flexibility index (Phi) is 14.1. The van der Waals surface area contributed by atoms with Crippen LogP contribution in [0.3, 0.4) is 0 Å². The van der Waals surface area contributed by atoms with E-state index in [2.05, 4.69) is 0 Å². The molecule has 0 atom stereocenters. The van der Waals surface area contributed by atoms with Crippen LogP contribution in [0.1, 0.15) is 0 Å². The Balaban J connectivity index is 2.20. The normalized spacial score (nSPS) is 11.6. The molecule has 0 unspecified atom stereocenters. The summed E-state index contributed by atoms with van der Waals surface area (Å²) in [6.07, 6.45) is 0. The fourth-order valence-corrected chi connectivity index (χ4v) is 15.6. The summed E-state index contributed by atoms with van der Waals surface area (Å²) in [5.74, 6) is 0. The van der Waals surface area contributed by atoms with Gasteiger partial charge in [-0.1, -0.05) is 0 Å². The van der Waals surface area contributed by atoms with Crippen LogP contribution in [-0.2, 0) is 3.63 Å². The highest BCUT2D eigenvalue weighted by Crippen LogP contribution is 2.87. The number of hydrogen-bond acceptors (Lipinski definition) is 25. The highest BCUT2D eigenvalue weighted by molar-refractivity contribution is 8.42. The molecule has 6 aromatic carbocycles. The molecule has 0 aliphatic rings. The van der Waals surface area contributed by atoms with E-state index in [1.54, 1.807) is 0 Å². The molecule has 0 N–H and O–H groups in total. The lowest BCUT2D eigenvalue weighted by atomic mass is 10.3. The Morgan fingerprint density at radius 1 is 0.227 bits per heavy atom. The van der Waals surface area contributed by atoms with Crippen LogP contribution in [0.5, 0.6) is 0 Å². The van der Waals surface area contributed by atoms with Gasteiger partial charge in [0.2, 0.25) is 0 Å². The van der Waals surface area contributed by atoms with Crippen LogP contribution >= 0.6 is 20.6 Å². The summed E-state index contributed by atoms with van der Waals surface area (Å²) in [6, 6.07) is 4.35. The summed E-state index contributed by atoms with van der Waals surface area (Å²) in [5.41, 5.74) is -17.8. The SMILES string of the molecule is O=[N+]([O-])c1ccc(S(OS(c2ccc([N+](=O)[O-])cc2[N+](=O)[O-])(c2ccc([N+](=O)[O-])cc2[N+](=O)[O-])c2ccc([N+](=O)[O-])cc2[N+](=O)[O-])(c2ccc([N+](=O)[O-])cc2[N+](=O)[O-])c2ccc([N+](=O)[O-])cc2[N+](=O)[O-])c([N+](=O)[O-])c1. The zero-order valence-corrected chi connectivity index (χ0v) is 37.4. The van der Waals surface area contributed by atoms with Crippen molar-refractivity contribution < 1.29 is 62.7 Å². The first kappa shape index (κ1) is 53.1. The Labute approximate surface area is 410 Å². The maximum atomic E-state index is 13.4. The molecule has 75 heavy (non-hydrogen) atoms. The first-order valence-corrected chi connectivity index (χ1v) is 22.2. The predicted molar refractivity (Wildman–Crippen MR) is 244 cm³/mol. The number of hydrogen-bond donors (Lipinski definition) is 0. The molecular weight excluding hydrogens is 1060 g/mol. The topological polar surface area (TPSA) is 527 Å². The van der Waals surface area contributed by atoms with Crippen molar-refractivity contribution >= 4 is 88.9 Å². The van der Waals surface area contributed by atoms with Crippen molar-refractivity contribution in [2.45, 2.75) is 29.4 Å². The predicted octanol–water partition coefficient (Wildman–Crippen LogP) is 9.70. The maximum Gasteiger partial charge on any atom is 0.291 e. The molecule has 0 aliphatic carbocycles. The fraction of sp³-hybridized carbons (Fsp3) is 0. The van der Waals surface area contributed by atoms with Gasteiger partial charge >= 0.3 is 0 Å². The lowest BCUT2D eigenvalue weighted by molar-refractivity contribution is -0.397. The first-order valence-electron chi connectivity index (χ1n) is 19.1. The molecular formula is C36H18N12O25S2. The van der Waals surface area contributed by atoms with Crippen molar-refractivity contribution in [2.75, 3.05) is 0 Å². The van der Waals surface area contributed by atoms with E-state index in [9.17, 15) is 121 Å². The molecule has 6 rings (SSSR count). The summed E-state index contributed by atoms with van der Waals surface area (Å²) >= 11 is 0. The average Bonchev–Trinajstić information content (AvgIpc) is 3.35. The van der Waals surface area contributed by atoms with E-state index in [0.717, 1.165) is 0 Å². The minimum Gasteiger partial charge on any atom is -0.263 e. The van der Waals surface area contributed by atoms with Crippen molar-refractivity contribution in [3.8, 4) is 0 Å². The second-order valence-corrected chi connectivity index (χ2v) is 19.6. The van der Waals surface area contributed by atoms with Crippen LogP contribution in [-0.4, -0.2) is 59.1 Å². The lowest BCUT2D eigenvalue weighted by Gasteiger charge is -2.48. The number of benzene rings is 6. The molecule has 0 radical (unpaired) electrons. The van der Waals surface area contributed by atoms with Crippen LogP contribution in [0, 0.1) is 121 Å². The monoisotopic (exact) mass is 1080 g/mol. The zero-order valence-electron chi connectivity index (χ0n) is 35.8. The summed E-state index contributed by atoms with van der Waals surface area (Å²) in [5, 5.41) is 153. The smallest absolute Gasteiger partial charge is 0.263 e. The third kappa shape index (κ3) is 9.44. The lowest BCUT2D eigenvalue weighted by Crippen LogP contribution is -2.20. The number of nitro groups is 12. The van der Waals surface area contributed by atoms with Crippen molar-refractivity contribution in [3.63, 3.8) is 0 Å². The molecule has 0 aromatic heterocycles. The van der Waals surface area contributed by atoms with E-state index in [0.29, 0.717) is 72.8 Å². The van der Waals surface area contributed by atoms with Crippen LogP contribution in [0.25, 0.3) is 0 Å². The Morgan fingerprint density at radius 2 is 0.360 bits per heavy atom. The first-order chi connectivity index (χ1) is 35.1. The third-order valence-corrected chi connectivity index (χ3v) is 17.6. The van der Waals surface area contributed by atoms with Gasteiger partial charge in [0, 0.05) is 36.4 Å². The minimum absolute atomic E-state index is 0.0723. The van der Waals surface area contributed by atoms with Crippen LogP contribution in [0.15, 0.2) is 139 Å². The van der Waals surface area contributed by atoms with Gasteiger partial charge < -0.3 is 0 Å². The number of nitro benzene ring substituents is 12. The summed E-state index contributed by atoms with van der Waals surface area (Å²) in [7, 11) is -11.6. The number of rotatable bonds is 20. The van der Waals surface area contributed by atoms with Crippen molar-refractivity contribution in [1.29, 1.82) is 0 Å². The molecule has 384 valence electrons. The minimum atomic E-state index is -5.82. The summed E-state index contributed by atoms with van der Waals surface area (Å²) in [4.78, 5) is 128. The molecule has 0 saturated heterocycles. The van der Waals surface area contributed by atoms with Gasteiger partial charge in [0.15, 0.2) is 0 Å². The van der Waals surface area contributed by atoms with Crippen LogP contribution in [0.4, 0.5) is 68.2 Å². The highest BCUT2D eigenvalue weighted by atomic mass is 32.3. The molecule has 0 bridgehead atoms. The summed E-state index contributed by atoms with van der Waals surface area (Å²) in [6.45, 7) is 0. The van der Waals surface area contributed by atoms with Gasteiger partial charge in [0.05, 0.1) is 95.5 Å².